The Hall–Kier alpha value is -1.51. The van der Waals surface area contributed by atoms with Crippen LogP contribution in [0.5, 0.6) is 0 Å². The summed E-state index contributed by atoms with van der Waals surface area (Å²) in [5.74, 6) is 0.744. The molecule has 0 saturated heterocycles. The number of aryl methyl sites for hydroxylation is 1. The number of nitrogens with one attached hydrogen (secondary N) is 1. The van der Waals surface area contributed by atoms with E-state index in [0.29, 0.717) is 17.3 Å². The molecule has 1 amide bonds. The number of anilines is 1. The van der Waals surface area contributed by atoms with Crippen LogP contribution in [0, 0.1) is 12.8 Å². The first-order chi connectivity index (χ1) is 7.56. The lowest BCUT2D eigenvalue weighted by Crippen LogP contribution is -2.43. The average molecular weight is 218 g/mol. The first-order valence-corrected chi connectivity index (χ1v) is 5.73. The Bertz CT molecular complexity index is 408. The van der Waals surface area contributed by atoms with Crippen molar-refractivity contribution in [3.63, 3.8) is 0 Å². The number of benzene rings is 1. The van der Waals surface area contributed by atoms with Crippen LogP contribution in [0.4, 0.5) is 5.69 Å². The van der Waals surface area contributed by atoms with Crippen molar-refractivity contribution in [2.45, 2.75) is 32.7 Å². The SMILES string of the molecule is Cc1ccc(N)cc1C(=O)NC1CC(C)C1. The van der Waals surface area contributed by atoms with Gasteiger partial charge in [0.1, 0.15) is 0 Å². The van der Waals surface area contributed by atoms with Crippen molar-refractivity contribution < 1.29 is 4.79 Å². The standard InChI is InChI=1S/C13H18N2O/c1-8-5-11(6-8)15-13(16)12-7-10(14)4-3-9(12)2/h3-4,7-8,11H,5-6,14H2,1-2H3,(H,15,16). The third kappa shape index (κ3) is 2.18. The van der Waals surface area contributed by atoms with Gasteiger partial charge in [0.2, 0.25) is 0 Å². The summed E-state index contributed by atoms with van der Waals surface area (Å²) in [6.07, 6.45) is 2.18. The molecule has 0 spiro atoms. The largest absolute Gasteiger partial charge is 0.399 e. The van der Waals surface area contributed by atoms with Crippen LogP contribution >= 0.6 is 0 Å². The molecule has 0 aromatic heterocycles. The molecule has 1 aliphatic carbocycles. The quantitative estimate of drug-likeness (QED) is 0.747. The Morgan fingerprint density at radius 3 is 2.75 bits per heavy atom. The molecule has 1 saturated carbocycles. The lowest BCUT2D eigenvalue weighted by molar-refractivity contribution is 0.0895. The Labute approximate surface area is 96.0 Å². The van der Waals surface area contributed by atoms with Crippen LogP contribution in [0.3, 0.4) is 0 Å². The van der Waals surface area contributed by atoms with Gasteiger partial charge in [-0.25, -0.2) is 0 Å². The van der Waals surface area contributed by atoms with Gasteiger partial charge in [-0.15, -0.1) is 0 Å². The van der Waals surface area contributed by atoms with Crippen molar-refractivity contribution in [1.29, 1.82) is 0 Å². The molecule has 1 aliphatic rings. The third-order valence-electron chi connectivity index (χ3n) is 3.22. The first kappa shape index (κ1) is 11.0. The monoisotopic (exact) mass is 218 g/mol. The predicted molar refractivity (Wildman–Crippen MR) is 65.2 cm³/mol. The number of hydrogen-bond acceptors (Lipinski definition) is 2. The Kier molecular flexibility index (Phi) is 2.86. The minimum atomic E-state index is 0.00157. The van der Waals surface area contributed by atoms with Crippen molar-refractivity contribution in [2.24, 2.45) is 5.92 Å². The number of nitrogens with two attached hydrogens (primary N) is 1. The van der Waals surface area contributed by atoms with Crippen LogP contribution < -0.4 is 11.1 Å². The Morgan fingerprint density at radius 2 is 2.12 bits per heavy atom. The number of hydrogen-bond donors (Lipinski definition) is 2. The molecule has 86 valence electrons. The Balaban J connectivity index is 2.05. The van der Waals surface area contributed by atoms with Gasteiger partial charge in [-0.05, 0) is 43.4 Å². The van der Waals surface area contributed by atoms with Gasteiger partial charge >= 0.3 is 0 Å². The lowest BCUT2D eigenvalue weighted by atomic mass is 9.82. The molecule has 3 N–H and O–H groups in total. The molecule has 0 atom stereocenters. The molecule has 2 rings (SSSR count). The van der Waals surface area contributed by atoms with E-state index in [2.05, 4.69) is 12.2 Å². The van der Waals surface area contributed by atoms with E-state index in [-0.39, 0.29) is 5.91 Å². The smallest absolute Gasteiger partial charge is 0.251 e. The summed E-state index contributed by atoms with van der Waals surface area (Å²) in [4.78, 5) is 12.0. The molecule has 0 unspecified atom stereocenters. The van der Waals surface area contributed by atoms with Gasteiger partial charge in [0.15, 0.2) is 0 Å². The molecular weight excluding hydrogens is 200 g/mol. The maximum Gasteiger partial charge on any atom is 0.251 e. The molecule has 1 fully saturated rings. The fourth-order valence-corrected chi connectivity index (χ4v) is 2.17. The van der Waals surface area contributed by atoms with Crippen molar-refractivity contribution in [1.82, 2.24) is 5.32 Å². The van der Waals surface area contributed by atoms with Gasteiger partial charge in [-0.1, -0.05) is 13.0 Å². The fraction of sp³-hybridized carbons (Fsp3) is 0.462. The van der Waals surface area contributed by atoms with Crippen molar-refractivity contribution >= 4 is 11.6 Å². The van der Waals surface area contributed by atoms with E-state index in [0.717, 1.165) is 24.3 Å². The van der Waals surface area contributed by atoms with Gasteiger partial charge < -0.3 is 11.1 Å². The highest BCUT2D eigenvalue weighted by Crippen LogP contribution is 2.26. The molecule has 3 nitrogen and oxygen atoms in total. The van der Waals surface area contributed by atoms with Crippen LogP contribution in [0.1, 0.15) is 35.7 Å². The van der Waals surface area contributed by atoms with Gasteiger partial charge in [-0.3, -0.25) is 4.79 Å². The molecule has 0 heterocycles. The van der Waals surface area contributed by atoms with Gasteiger partial charge in [-0.2, -0.15) is 0 Å². The maximum absolute atomic E-state index is 12.0. The topological polar surface area (TPSA) is 55.1 Å². The average Bonchev–Trinajstić information content (AvgIpc) is 2.19. The molecule has 1 aromatic carbocycles. The summed E-state index contributed by atoms with van der Waals surface area (Å²) >= 11 is 0. The molecule has 0 aliphatic heterocycles. The van der Waals surface area contributed by atoms with Gasteiger partial charge in [0.05, 0.1) is 0 Å². The summed E-state index contributed by atoms with van der Waals surface area (Å²) in [5.41, 5.74) is 7.99. The zero-order chi connectivity index (χ0) is 11.7. The van der Waals surface area contributed by atoms with Crippen LogP contribution in [0.15, 0.2) is 18.2 Å². The van der Waals surface area contributed by atoms with Gasteiger partial charge in [0.25, 0.3) is 5.91 Å². The van der Waals surface area contributed by atoms with Gasteiger partial charge in [0, 0.05) is 17.3 Å². The summed E-state index contributed by atoms with van der Waals surface area (Å²) in [6, 6.07) is 5.79. The molecule has 0 radical (unpaired) electrons. The van der Waals surface area contributed by atoms with Crippen LogP contribution in [0.2, 0.25) is 0 Å². The highest BCUT2D eigenvalue weighted by Gasteiger charge is 2.27. The second kappa shape index (κ2) is 4.16. The summed E-state index contributed by atoms with van der Waals surface area (Å²) in [7, 11) is 0. The Morgan fingerprint density at radius 1 is 1.44 bits per heavy atom. The second-order valence-corrected chi connectivity index (χ2v) is 4.82. The van der Waals surface area contributed by atoms with E-state index >= 15 is 0 Å². The number of carbonyl (C=O) groups excluding carboxylic acids is 1. The fourth-order valence-electron chi connectivity index (χ4n) is 2.17. The molecule has 3 heteroatoms. The highest BCUT2D eigenvalue weighted by atomic mass is 16.1. The van der Waals surface area contributed by atoms with Crippen LogP contribution in [-0.4, -0.2) is 11.9 Å². The van der Waals surface area contributed by atoms with E-state index < -0.39 is 0 Å². The third-order valence-corrected chi connectivity index (χ3v) is 3.22. The molecule has 16 heavy (non-hydrogen) atoms. The van der Waals surface area contributed by atoms with E-state index in [4.69, 9.17) is 5.73 Å². The van der Waals surface area contributed by atoms with E-state index in [1.165, 1.54) is 0 Å². The number of carbonyl (C=O) groups is 1. The molecule has 0 bridgehead atoms. The maximum atomic E-state index is 12.0. The van der Waals surface area contributed by atoms with E-state index in [9.17, 15) is 4.79 Å². The van der Waals surface area contributed by atoms with E-state index in [1.54, 1.807) is 6.07 Å². The highest BCUT2D eigenvalue weighted by molar-refractivity contribution is 5.96. The zero-order valence-corrected chi connectivity index (χ0v) is 9.79. The number of amides is 1. The van der Waals surface area contributed by atoms with E-state index in [1.807, 2.05) is 19.1 Å². The summed E-state index contributed by atoms with van der Waals surface area (Å²) in [5, 5.41) is 3.04. The normalized spacial score (nSPS) is 23.6. The summed E-state index contributed by atoms with van der Waals surface area (Å²) < 4.78 is 0. The first-order valence-electron chi connectivity index (χ1n) is 5.73. The predicted octanol–water partition coefficient (Wildman–Crippen LogP) is 2.11. The zero-order valence-electron chi connectivity index (χ0n) is 9.79. The van der Waals surface area contributed by atoms with Crippen molar-refractivity contribution in [2.75, 3.05) is 5.73 Å². The number of nitrogen functional groups attached to an aromatic ring is 1. The molecule has 1 aromatic rings. The van der Waals surface area contributed by atoms with Crippen LogP contribution in [0.25, 0.3) is 0 Å². The van der Waals surface area contributed by atoms with Crippen molar-refractivity contribution in [3.8, 4) is 0 Å². The second-order valence-electron chi connectivity index (χ2n) is 4.82. The molecular formula is C13H18N2O. The lowest BCUT2D eigenvalue weighted by Gasteiger charge is -2.33. The van der Waals surface area contributed by atoms with Crippen molar-refractivity contribution in [3.05, 3.63) is 29.3 Å². The minimum absolute atomic E-state index is 0.00157. The summed E-state index contributed by atoms with van der Waals surface area (Å²) in [6.45, 7) is 4.13. The minimum Gasteiger partial charge on any atom is -0.399 e. The van der Waals surface area contributed by atoms with Crippen LogP contribution in [-0.2, 0) is 0 Å². The number of rotatable bonds is 2.